The molecule has 9 nitrogen and oxygen atoms in total. The van der Waals surface area contributed by atoms with Crippen LogP contribution in [0.3, 0.4) is 0 Å². The van der Waals surface area contributed by atoms with Crippen LogP contribution < -0.4 is 25.4 Å². The molecule has 2 atom stereocenters. The molecule has 3 amide bonds. The van der Waals surface area contributed by atoms with E-state index in [4.69, 9.17) is 14.6 Å². The van der Waals surface area contributed by atoms with Gasteiger partial charge >= 0.3 is 12.0 Å². The van der Waals surface area contributed by atoms with Crippen LogP contribution in [0.2, 0.25) is 0 Å². The molecule has 0 aliphatic carbocycles. The largest absolute Gasteiger partial charge is 0.493 e. The number of ether oxygens (including phenoxy) is 2. The van der Waals surface area contributed by atoms with Gasteiger partial charge in [0.15, 0.2) is 17.6 Å². The van der Waals surface area contributed by atoms with Crippen LogP contribution in [-0.4, -0.2) is 36.2 Å². The Morgan fingerprint density at radius 3 is 2.47 bits per heavy atom. The zero-order valence-corrected chi connectivity index (χ0v) is 17.6. The Bertz CT molecular complexity index is 1080. The van der Waals surface area contributed by atoms with E-state index in [0.29, 0.717) is 16.9 Å². The maximum absolute atomic E-state index is 13.2. The average molecular weight is 443 g/mol. The lowest BCUT2D eigenvalue weighted by Crippen LogP contribution is -2.46. The molecule has 0 unspecified atom stereocenters. The number of allylic oxidation sites excluding steroid dienone is 1. The topological polar surface area (TPSA) is 126 Å². The number of urea groups is 1. The number of benzene rings is 2. The molecule has 0 saturated heterocycles. The van der Waals surface area contributed by atoms with Gasteiger partial charge in [-0.15, -0.1) is 0 Å². The Labute approximate surface area is 183 Å². The van der Waals surface area contributed by atoms with Crippen molar-refractivity contribution in [1.29, 1.82) is 0 Å². The minimum Gasteiger partial charge on any atom is -0.493 e. The molecule has 4 N–H and O–H groups in total. The molecular formula is C22H22FN3O6. The van der Waals surface area contributed by atoms with Crippen molar-refractivity contribution in [2.45, 2.75) is 26.0 Å². The zero-order chi connectivity index (χ0) is 23.4. The lowest BCUT2D eigenvalue weighted by Gasteiger charge is -2.29. The first-order valence-electron chi connectivity index (χ1n) is 9.62. The third kappa shape index (κ3) is 4.97. The average Bonchev–Trinajstić information content (AvgIpc) is 2.74. The highest BCUT2D eigenvalue weighted by Gasteiger charge is 2.32. The zero-order valence-electron chi connectivity index (χ0n) is 17.6. The second-order valence-electron chi connectivity index (χ2n) is 7.04. The van der Waals surface area contributed by atoms with Crippen molar-refractivity contribution in [2.75, 3.05) is 12.4 Å². The highest BCUT2D eigenvalue weighted by Crippen LogP contribution is 2.35. The molecule has 0 radical (unpaired) electrons. The number of rotatable bonds is 7. The summed E-state index contributed by atoms with van der Waals surface area (Å²) in [7, 11) is 1.39. The third-order valence-electron chi connectivity index (χ3n) is 4.79. The van der Waals surface area contributed by atoms with Crippen molar-refractivity contribution >= 4 is 23.6 Å². The molecule has 32 heavy (non-hydrogen) atoms. The number of methoxy groups -OCH3 is 1. The summed E-state index contributed by atoms with van der Waals surface area (Å²) in [5.74, 6) is -1.64. The first-order valence-corrected chi connectivity index (χ1v) is 9.62. The van der Waals surface area contributed by atoms with Gasteiger partial charge in [-0.1, -0.05) is 6.07 Å². The monoisotopic (exact) mass is 443 g/mol. The summed E-state index contributed by atoms with van der Waals surface area (Å²) < 4.78 is 23.9. The molecule has 2 aromatic carbocycles. The molecule has 0 spiro atoms. The number of carboxylic acid groups (broad SMARTS) is 1. The number of hydrogen-bond donors (Lipinski definition) is 4. The van der Waals surface area contributed by atoms with Gasteiger partial charge in [0, 0.05) is 11.4 Å². The highest BCUT2D eigenvalue weighted by atomic mass is 19.1. The van der Waals surface area contributed by atoms with Gasteiger partial charge in [0.05, 0.1) is 18.7 Å². The molecule has 1 aliphatic heterocycles. The van der Waals surface area contributed by atoms with E-state index in [-0.39, 0.29) is 17.1 Å². The van der Waals surface area contributed by atoms with E-state index >= 15 is 0 Å². The maximum Gasteiger partial charge on any atom is 0.344 e. The Kier molecular flexibility index (Phi) is 6.62. The quantitative estimate of drug-likeness (QED) is 0.521. The molecule has 10 heteroatoms. The Morgan fingerprint density at radius 1 is 1.16 bits per heavy atom. The Morgan fingerprint density at radius 2 is 1.84 bits per heavy atom. The fraction of sp³-hybridized carbons (Fsp3) is 0.227. The van der Waals surface area contributed by atoms with Crippen LogP contribution in [0, 0.1) is 5.82 Å². The smallest absolute Gasteiger partial charge is 0.344 e. The summed E-state index contributed by atoms with van der Waals surface area (Å²) in [6.07, 6.45) is -1.10. The number of carbonyl (C=O) groups excluding carboxylic acids is 2. The summed E-state index contributed by atoms with van der Waals surface area (Å²) >= 11 is 0. The number of amides is 3. The van der Waals surface area contributed by atoms with Crippen LogP contribution in [0.25, 0.3) is 0 Å². The number of nitrogens with one attached hydrogen (secondary N) is 3. The lowest BCUT2D eigenvalue weighted by atomic mass is 9.94. The molecule has 3 rings (SSSR count). The van der Waals surface area contributed by atoms with Gasteiger partial charge < -0.3 is 30.5 Å². The predicted molar refractivity (Wildman–Crippen MR) is 113 cm³/mol. The van der Waals surface area contributed by atoms with Crippen molar-refractivity contribution in [2.24, 2.45) is 0 Å². The van der Waals surface area contributed by atoms with E-state index < -0.39 is 35.9 Å². The van der Waals surface area contributed by atoms with Crippen molar-refractivity contribution in [3.8, 4) is 11.5 Å². The van der Waals surface area contributed by atoms with Crippen molar-refractivity contribution in [1.82, 2.24) is 10.6 Å². The second-order valence-corrected chi connectivity index (χ2v) is 7.04. The minimum atomic E-state index is -1.14. The lowest BCUT2D eigenvalue weighted by molar-refractivity contribution is -0.144. The number of anilines is 1. The standard InChI is InChI=1S/C22H22FN3O6/c1-11-18(20(27)25-15-7-5-14(23)6-8-15)19(26-22(30)24-11)13-4-9-16(17(10-13)31-3)32-12(2)21(28)29/h4-10,12,19H,1-3H3,(H,25,27)(H,28,29)(H2,24,26,30)/t12-,19+/m1/s1. The summed E-state index contributed by atoms with van der Waals surface area (Å²) in [4.78, 5) is 36.2. The summed E-state index contributed by atoms with van der Waals surface area (Å²) in [6.45, 7) is 2.97. The van der Waals surface area contributed by atoms with Crippen LogP contribution >= 0.6 is 0 Å². The SMILES string of the molecule is COc1cc([C@@H]2NC(=O)NC(C)=C2C(=O)Nc2ccc(F)cc2)ccc1O[C@H](C)C(=O)O. The van der Waals surface area contributed by atoms with Crippen molar-refractivity contribution in [3.05, 3.63) is 65.1 Å². The molecular weight excluding hydrogens is 421 g/mol. The fourth-order valence-corrected chi connectivity index (χ4v) is 3.18. The van der Waals surface area contributed by atoms with Gasteiger partial charge in [0.1, 0.15) is 5.82 Å². The summed E-state index contributed by atoms with van der Waals surface area (Å²) in [5.41, 5.74) is 1.48. The number of hydrogen-bond acceptors (Lipinski definition) is 5. The minimum absolute atomic E-state index is 0.199. The van der Waals surface area contributed by atoms with E-state index in [1.807, 2.05) is 0 Å². The Balaban J connectivity index is 1.93. The molecule has 0 aromatic heterocycles. The van der Waals surface area contributed by atoms with Gasteiger partial charge in [-0.25, -0.2) is 14.0 Å². The van der Waals surface area contributed by atoms with Crippen LogP contribution in [0.1, 0.15) is 25.5 Å². The Hall–Kier alpha value is -4.08. The normalized spacial score (nSPS) is 16.5. The van der Waals surface area contributed by atoms with E-state index in [9.17, 15) is 18.8 Å². The number of halogens is 1. The summed E-state index contributed by atoms with van der Waals surface area (Å²) in [6, 6.07) is 8.62. The number of carboxylic acids is 1. The first kappa shape index (κ1) is 22.6. The first-order chi connectivity index (χ1) is 15.2. The van der Waals surface area contributed by atoms with Crippen molar-refractivity contribution in [3.63, 3.8) is 0 Å². The molecule has 0 bridgehead atoms. The van der Waals surface area contributed by atoms with Gasteiger partial charge in [0.25, 0.3) is 5.91 Å². The molecule has 0 fully saturated rings. The van der Waals surface area contributed by atoms with E-state index in [2.05, 4.69) is 16.0 Å². The number of aliphatic carboxylic acids is 1. The van der Waals surface area contributed by atoms with E-state index in [0.717, 1.165) is 0 Å². The number of carbonyl (C=O) groups is 3. The molecule has 2 aromatic rings. The van der Waals surface area contributed by atoms with Crippen LogP contribution in [-0.2, 0) is 9.59 Å². The highest BCUT2D eigenvalue weighted by molar-refractivity contribution is 6.06. The van der Waals surface area contributed by atoms with Crippen LogP contribution in [0.4, 0.5) is 14.9 Å². The van der Waals surface area contributed by atoms with E-state index in [1.54, 1.807) is 19.1 Å². The van der Waals surface area contributed by atoms with Gasteiger partial charge in [-0.3, -0.25) is 4.79 Å². The maximum atomic E-state index is 13.2. The second kappa shape index (κ2) is 9.38. The van der Waals surface area contributed by atoms with Crippen LogP contribution in [0.5, 0.6) is 11.5 Å². The molecule has 1 heterocycles. The molecule has 1 aliphatic rings. The van der Waals surface area contributed by atoms with Gasteiger partial charge in [0.2, 0.25) is 0 Å². The van der Waals surface area contributed by atoms with Crippen LogP contribution in [0.15, 0.2) is 53.7 Å². The predicted octanol–water partition coefficient (Wildman–Crippen LogP) is 2.95. The summed E-state index contributed by atoms with van der Waals surface area (Å²) in [5, 5.41) is 17.0. The molecule has 0 saturated carbocycles. The third-order valence-corrected chi connectivity index (χ3v) is 4.79. The fourth-order valence-electron chi connectivity index (χ4n) is 3.18. The van der Waals surface area contributed by atoms with Crippen molar-refractivity contribution < 1.29 is 33.4 Å². The van der Waals surface area contributed by atoms with Gasteiger partial charge in [-0.05, 0) is 55.8 Å². The molecule has 168 valence electrons. The van der Waals surface area contributed by atoms with Gasteiger partial charge in [-0.2, -0.15) is 0 Å². The van der Waals surface area contributed by atoms with E-state index in [1.165, 1.54) is 44.4 Å².